The van der Waals surface area contributed by atoms with Gasteiger partial charge < -0.3 is 8.83 Å². The molecule has 0 aromatic carbocycles. The Hall–Kier alpha value is -1.44. The topological polar surface area (TPSA) is 26.3 Å². The van der Waals surface area contributed by atoms with Crippen molar-refractivity contribution in [3.63, 3.8) is 0 Å². The van der Waals surface area contributed by atoms with Crippen molar-refractivity contribution in [1.82, 2.24) is 0 Å². The molecule has 2 aromatic rings. The molecule has 0 aliphatic carbocycles. The van der Waals surface area contributed by atoms with Crippen LogP contribution < -0.4 is 0 Å². The molecular formula is C15H26O2. The van der Waals surface area contributed by atoms with Gasteiger partial charge in [-0.15, -0.1) is 0 Å². The Kier molecular flexibility index (Phi) is 15.4. The summed E-state index contributed by atoms with van der Waals surface area (Å²) in [4.78, 5) is 0. The van der Waals surface area contributed by atoms with Gasteiger partial charge in [-0.25, -0.2) is 0 Å². The quantitative estimate of drug-likeness (QED) is 0.595. The van der Waals surface area contributed by atoms with Crippen molar-refractivity contribution in [3.05, 3.63) is 48.3 Å². The monoisotopic (exact) mass is 238 g/mol. The lowest BCUT2D eigenvalue weighted by Crippen LogP contribution is -1.53. The first kappa shape index (κ1) is 17.9. The van der Waals surface area contributed by atoms with Gasteiger partial charge in [-0.2, -0.15) is 0 Å². The van der Waals surface area contributed by atoms with Gasteiger partial charge in [-0.1, -0.05) is 34.1 Å². The lowest BCUT2D eigenvalue weighted by Gasteiger charge is -1.76. The molecule has 0 saturated heterocycles. The van der Waals surface area contributed by atoms with E-state index in [2.05, 4.69) is 18.3 Å². The van der Waals surface area contributed by atoms with Crippen LogP contribution in [0, 0.1) is 13.8 Å². The number of rotatable bonds is 0. The third kappa shape index (κ3) is 14.6. The zero-order valence-corrected chi connectivity index (χ0v) is 12.0. The van der Waals surface area contributed by atoms with E-state index in [0.29, 0.717) is 0 Å². The molecule has 2 aromatic heterocycles. The predicted octanol–water partition coefficient (Wildman–Crippen LogP) is 5.62. The molecule has 0 fully saturated rings. The molecule has 0 spiro atoms. The lowest BCUT2D eigenvalue weighted by atomic mass is 10.5. The average molecular weight is 238 g/mol. The van der Waals surface area contributed by atoms with Gasteiger partial charge in [0.15, 0.2) is 0 Å². The SMILES string of the molecule is CC.CCC.Cc1ccc(C)o1.c1ccoc1. The molecule has 0 N–H and O–H groups in total. The van der Waals surface area contributed by atoms with Gasteiger partial charge in [0.2, 0.25) is 0 Å². The number of furan rings is 2. The maximum atomic E-state index is 5.08. The Morgan fingerprint density at radius 2 is 1.24 bits per heavy atom. The normalized spacial score (nSPS) is 7.65. The number of aryl methyl sites for hydroxylation is 2. The van der Waals surface area contributed by atoms with Crippen LogP contribution in [0.1, 0.15) is 45.6 Å². The highest BCUT2D eigenvalue weighted by Gasteiger charge is 1.85. The molecule has 2 heteroatoms. The molecule has 0 amide bonds. The Bertz CT molecular complexity index is 274. The standard InChI is InChI=1S/C6H8O.C4H4O.C3H8.C2H6/c1-5-3-4-6(2)7-5;1-2-4-5-3-1;1-3-2;1-2/h3-4H,1-2H3;1-4H;3H2,1-2H3;1-2H3. The summed E-state index contributed by atoms with van der Waals surface area (Å²) in [5.74, 6) is 1.97. The van der Waals surface area contributed by atoms with Gasteiger partial charge in [0.25, 0.3) is 0 Å². The number of hydrogen-bond acceptors (Lipinski definition) is 2. The van der Waals surface area contributed by atoms with E-state index in [0.717, 1.165) is 11.5 Å². The first-order valence-electron chi connectivity index (χ1n) is 6.20. The van der Waals surface area contributed by atoms with Crippen molar-refractivity contribution in [2.24, 2.45) is 0 Å². The van der Waals surface area contributed by atoms with Gasteiger partial charge in [0, 0.05) is 0 Å². The fraction of sp³-hybridized carbons (Fsp3) is 0.467. The van der Waals surface area contributed by atoms with Crippen molar-refractivity contribution in [1.29, 1.82) is 0 Å². The highest BCUT2D eigenvalue weighted by atomic mass is 16.3. The summed E-state index contributed by atoms with van der Waals surface area (Å²) in [7, 11) is 0. The van der Waals surface area contributed by atoms with Crippen LogP contribution in [0.5, 0.6) is 0 Å². The summed E-state index contributed by atoms with van der Waals surface area (Å²) >= 11 is 0. The smallest absolute Gasteiger partial charge is 0.101 e. The summed E-state index contributed by atoms with van der Waals surface area (Å²) in [5, 5.41) is 0. The van der Waals surface area contributed by atoms with E-state index in [-0.39, 0.29) is 0 Å². The van der Waals surface area contributed by atoms with Gasteiger partial charge in [0.1, 0.15) is 11.5 Å². The summed E-state index contributed by atoms with van der Waals surface area (Å²) in [5.41, 5.74) is 0. The largest absolute Gasteiger partial charge is 0.473 e. The zero-order valence-electron chi connectivity index (χ0n) is 12.0. The Balaban J connectivity index is 0. The molecule has 2 heterocycles. The lowest BCUT2D eigenvalue weighted by molar-refractivity contribution is 0.504. The van der Waals surface area contributed by atoms with Crippen molar-refractivity contribution in [3.8, 4) is 0 Å². The van der Waals surface area contributed by atoms with Crippen LogP contribution in [0.15, 0.2) is 45.6 Å². The molecule has 0 aliphatic heterocycles. The van der Waals surface area contributed by atoms with E-state index in [1.165, 1.54) is 6.42 Å². The number of hydrogen-bond donors (Lipinski definition) is 0. The Morgan fingerprint density at radius 3 is 1.35 bits per heavy atom. The molecule has 2 rings (SSSR count). The van der Waals surface area contributed by atoms with Crippen molar-refractivity contribution in [2.45, 2.75) is 48.0 Å². The summed E-state index contributed by atoms with van der Waals surface area (Å²) in [6.07, 6.45) is 4.50. The first-order valence-corrected chi connectivity index (χ1v) is 6.20. The molecule has 98 valence electrons. The van der Waals surface area contributed by atoms with Crippen molar-refractivity contribution >= 4 is 0 Å². The summed E-state index contributed by atoms with van der Waals surface area (Å²) in [6, 6.07) is 7.57. The van der Waals surface area contributed by atoms with Crippen LogP contribution in [0.2, 0.25) is 0 Å². The van der Waals surface area contributed by atoms with Crippen molar-refractivity contribution in [2.75, 3.05) is 0 Å². The minimum absolute atomic E-state index is 0.984. The third-order valence-electron chi connectivity index (χ3n) is 1.30. The van der Waals surface area contributed by atoms with Crippen LogP contribution >= 0.6 is 0 Å². The van der Waals surface area contributed by atoms with Crippen LogP contribution in [0.3, 0.4) is 0 Å². The van der Waals surface area contributed by atoms with E-state index >= 15 is 0 Å². The van der Waals surface area contributed by atoms with E-state index in [9.17, 15) is 0 Å². The third-order valence-corrected chi connectivity index (χ3v) is 1.30. The fourth-order valence-electron chi connectivity index (χ4n) is 0.783. The molecule has 2 nitrogen and oxygen atoms in total. The van der Waals surface area contributed by atoms with E-state index in [1.807, 2.05) is 52.0 Å². The van der Waals surface area contributed by atoms with Gasteiger partial charge in [-0.05, 0) is 38.1 Å². The Labute approximate surface area is 106 Å². The minimum Gasteiger partial charge on any atom is -0.473 e. The minimum atomic E-state index is 0.984. The second-order valence-electron chi connectivity index (χ2n) is 3.16. The van der Waals surface area contributed by atoms with Crippen LogP contribution in [0.25, 0.3) is 0 Å². The molecule has 0 bridgehead atoms. The maximum absolute atomic E-state index is 5.08. The second kappa shape index (κ2) is 14.6. The van der Waals surface area contributed by atoms with Gasteiger partial charge in [0.05, 0.1) is 12.5 Å². The van der Waals surface area contributed by atoms with Crippen molar-refractivity contribution < 1.29 is 8.83 Å². The summed E-state index contributed by atoms with van der Waals surface area (Å²) < 4.78 is 9.67. The zero-order chi connectivity index (χ0) is 13.5. The molecule has 0 unspecified atom stereocenters. The van der Waals surface area contributed by atoms with E-state index in [4.69, 9.17) is 4.42 Å². The highest BCUT2D eigenvalue weighted by molar-refractivity contribution is 5.02. The average Bonchev–Trinajstić information content (AvgIpc) is 2.97. The van der Waals surface area contributed by atoms with E-state index in [1.54, 1.807) is 12.5 Å². The first-order chi connectivity index (χ1) is 8.20. The second-order valence-corrected chi connectivity index (χ2v) is 3.16. The fourth-order valence-corrected chi connectivity index (χ4v) is 0.783. The van der Waals surface area contributed by atoms with E-state index < -0.39 is 0 Å². The highest BCUT2D eigenvalue weighted by Crippen LogP contribution is 2.02. The molecular weight excluding hydrogens is 212 g/mol. The summed E-state index contributed by atoms with van der Waals surface area (Å²) in [6.45, 7) is 12.1. The Morgan fingerprint density at radius 1 is 0.882 bits per heavy atom. The van der Waals surface area contributed by atoms with Gasteiger partial charge >= 0.3 is 0 Å². The molecule has 17 heavy (non-hydrogen) atoms. The maximum Gasteiger partial charge on any atom is 0.101 e. The molecule has 0 radical (unpaired) electrons. The van der Waals surface area contributed by atoms with Crippen LogP contribution in [-0.4, -0.2) is 0 Å². The molecule has 0 atom stereocenters. The predicted molar refractivity (Wildman–Crippen MR) is 74.2 cm³/mol. The molecule has 0 aliphatic rings. The van der Waals surface area contributed by atoms with Crippen LogP contribution in [0.4, 0.5) is 0 Å². The molecule has 0 saturated carbocycles. The van der Waals surface area contributed by atoms with Crippen LogP contribution in [-0.2, 0) is 0 Å². The van der Waals surface area contributed by atoms with Gasteiger partial charge in [-0.3, -0.25) is 0 Å².